The predicted molar refractivity (Wildman–Crippen MR) is 102 cm³/mol. The van der Waals surface area contributed by atoms with Crippen LogP contribution in [0, 0.1) is 0 Å². The van der Waals surface area contributed by atoms with Crippen LogP contribution in [-0.2, 0) is 22.4 Å². The zero-order valence-electron chi connectivity index (χ0n) is 12.9. The molecule has 2 aromatic carbocycles. The molecule has 6 heteroatoms. The van der Waals surface area contributed by atoms with Crippen LogP contribution in [0.3, 0.4) is 0 Å². The number of rotatable bonds is 0. The number of fused-ring (bicyclic) bond motifs is 2. The van der Waals surface area contributed by atoms with E-state index < -0.39 is 0 Å². The topological polar surface area (TPSA) is 58.2 Å². The van der Waals surface area contributed by atoms with Crippen molar-refractivity contribution in [3.8, 4) is 0 Å². The number of anilines is 2. The van der Waals surface area contributed by atoms with Crippen molar-refractivity contribution in [3.63, 3.8) is 0 Å². The zero-order valence-corrected chi connectivity index (χ0v) is 16.0. The van der Waals surface area contributed by atoms with Gasteiger partial charge in [0, 0.05) is 27.5 Å². The van der Waals surface area contributed by atoms with Crippen LogP contribution in [0.1, 0.15) is 24.0 Å². The van der Waals surface area contributed by atoms with Gasteiger partial charge >= 0.3 is 0 Å². The average Bonchev–Trinajstić information content (AvgIpc) is 2.57. The van der Waals surface area contributed by atoms with Gasteiger partial charge < -0.3 is 10.6 Å². The molecule has 2 N–H and O–H groups in total. The molecule has 2 aliphatic heterocycles. The number of aryl methyl sites for hydroxylation is 2. The van der Waals surface area contributed by atoms with Gasteiger partial charge in [-0.1, -0.05) is 28.1 Å². The molecule has 0 atom stereocenters. The fourth-order valence-electron chi connectivity index (χ4n) is 2.72. The van der Waals surface area contributed by atoms with Gasteiger partial charge in [-0.15, -0.1) is 0 Å². The van der Waals surface area contributed by atoms with Crippen molar-refractivity contribution in [2.75, 3.05) is 10.6 Å². The van der Waals surface area contributed by atoms with Gasteiger partial charge in [-0.2, -0.15) is 0 Å². The van der Waals surface area contributed by atoms with E-state index in [1.807, 2.05) is 30.3 Å². The monoisotopic (exact) mass is 450 g/mol. The molecule has 2 amide bonds. The minimum atomic E-state index is 0.106. The smallest absolute Gasteiger partial charge is 0.224 e. The fourth-order valence-corrected chi connectivity index (χ4v) is 3.63. The molecular formula is C18H16Br2N2O2. The molecule has 0 saturated heterocycles. The zero-order chi connectivity index (χ0) is 17.1. The van der Waals surface area contributed by atoms with Crippen molar-refractivity contribution in [2.24, 2.45) is 0 Å². The Bertz CT molecular complexity index is 804. The summed E-state index contributed by atoms with van der Waals surface area (Å²) in [6.07, 6.45) is 2.90. The maximum absolute atomic E-state index is 11.0. The Kier molecular flexibility index (Phi) is 5.36. The van der Waals surface area contributed by atoms with Crippen LogP contribution < -0.4 is 10.6 Å². The first-order chi connectivity index (χ1) is 11.5. The number of benzene rings is 2. The highest BCUT2D eigenvalue weighted by Gasteiger charge is 2.16. The molecule has 2 aromatic rings. The Labute approximate surface area is 157 Å². The number of hydrogen-bond acceptors (Lipinski definition) is 2. The van der Waals surface area contributed by atoms with Crippen molar-refractivity contribution >= 4 is 55.0 Å². The van der Waals surface area contributed by atoms with Crippen molar-refractivity contribution in [3.05, 3.63) is 56.5 Å². The van der Waals surface area contributed by atoms with E-state index in [1.54, 1.807) is 0 Å². The van der Waals surface area contributed by atoms with Crippen molar-refractivity contribution in [1.82, 2.24) is 0 Å². The lowest BCUT2D eigenvalue weighted by Crippen LogP contribution is -2.19. The van der Waals surface area contributed by atoms with Crippen molar-refractivity contribution in [1.29, 1.82) is 0 Å². The second-order valence-electron chi connectivity index (χ2n) is 5.67. The van der Waals surface area contributed by atoms with Gasteiger partial charge in [0.25, 0.3) is 0 Å². The minimum Gasteiger partial charge on any atom is -0.326 e. The molecule has 0 aromatic heterocycles. The molecule has 24 heavy (non-hydrogen) atoms. The van der Waals surface area contributed by atoms with Gasteiger partial charge in [-0.05, 0) is 64.2 Å². The Morgan fingerprint density at radius 3 is 2.29 bits per heavy atom. The van der Waals surface area contributed by atoms with Gasteiger partial charge in [0.15, 0.2) is 0 Å². The number of halogens is 2. The molecule has 2 heterocycles. The van der Waals surface area contributed by atoms with Crippen LogP contribution in [0.2, 0.25) is 0 Å². The number of amides is 2. The first-order valence-corrected chi connectivity index (χ1v) is 9.27. The number of carbonyl (C=O) groups is 2. The van der Waals surface area contributed by atoms with Crippen LogP contribution in [0.4, 0.5) is 11.4 Å². The predicted octanol–water partition coefficient (Wildman–Crippen LogP) is 4.67. The molecule has 0 spiro atoms. The molecule has 124 valence electrons. The van der Waals surface area contributed by atoms with Gasteiger partial charge in [-0.25, -0.2) is 0 Å². The van der Waals surface area contributed by atoms with Crippen molar-refractivity contribution < 1.29 is 9.59 Å². The van der Waals surface area contributed by atoms with Gasteiger partial charge in [-0.3, -0.25) is 9.59 Å². The van der Waals surface area contributed by atoms with Crippen LogP contribution in [0.25, 0.3) is 0 Å². The van der Waals surface area contributed by atoms with E-state index in [0.29, 0.717) is 12.8 Å². The molecule has 0 fully saturated rings. The summed E-state index contributed by atoms with van der Waals surface area (Å²) in [6, 6.07) is 11.9. The maximum Gasteiger partial charge on any atom is 0.224 e. The lowest BCUT2D eigenvalue weighted by atomic mass is 10.0. The molecular weight excluding hydrogens is 436 g/mol. The first-order valence-electron chi connectivity index (χ1n) is 7.68. The van der Waals surface area contributed by atoms with E-state index in [2.05, 4.69) is 48.6 Å². The summed E-state index contributed by atoms with van der Waals surface area (Å²) in [5, 5.41) is 5.67. The van der Waals surface area contributed by atoms with Crippen LogP contribution in [-0.4, -0.2) is 11.8 Å². The molecule has 4 rings (SSSR count). The Morgan fingerprint density at radius 2 is 1.50 bits per heavy atom. The second-order valence-corrected chi connectivity index (χ2v) is 7.44. The minimum absolute atomic E-state index is 0.106. The summed E-state index contributed by atoms with van der Waals surface area (Å²) in [5.74, 6) is 0.222. The fraction of sp³-hybridized carbons (Fsp3) is 0.222. The van der Waals surface area contributed by atoms with E-state index in [-0.39, 0.29) is 11.8 Å². The van der Waals surface area contributed by atoms with E-state index in [0.717, 1.165) is 33.2 Å². The van der Waals surface area contributed by atoms with E-state index >= 15 is 0 Å². The summed E-state index contributed by atoms with van der Waals surface area (Å²) in [4.78, 5) is 22.0. The van der Waals surface area contributed by atoms with E-state index in [1.165, 1.54) is 11.1 Å². The summed E-state index contributed by atoms with van der Waals surface area (Å²) in [7, 11) is 0. The Hall–Kier alpha value is -1.66. The van der Waals surface area contributed by atoms with Crippen molar-refractivity contribution in [2.45, 2.75) is 25.7 Å². The molecule has 4 nitrogen and oxygen atoms in total. The maximum atomic E-state index is 11.0. The van der Waals surface area contributed by atoms with Gasteiger partial charge in [0.1, 0.15) is 0 Å². The SMILES string of the molecule is O=C1CCc2cc(Br)ccc2N1.O=C1CCc2cccc(Br)c2N1. The third-order valence-corrected chi connectivity index (χ3v) is 5.10. The summed E-state index contributed by atoms with van der Waals surface area (Å²) < 4.78 is 2.03. The lowest BCUT2D eigenvalue weighted by molar-refractivity contribution is -0.117. The Morgan fingerprint density at radius 1 is 0.792 bits per heavy atom. The quantitative estimate of drug-likeness (QED) is 0.611. The number of hydrogen-bond donors (Lipinski definition) is 2. The van der Waals surface area contributed by atoms with Crippen LogP contribution in [0.15, 0.2) is 45.3 Å². The highest BCUT2D eigenvalue weighted by atomic mass is 79.9. The summed E-state index contributed by atoms with van der Waals surface area (Å²) >= 11 is 6.79. The van der Waals surface area contributed by atoms with Gasteiger partial charge in [0.05, 0.1) is 5.69 Å². The van der Waals surface area contributed by atoms with E-state index in [9.17, 15) is 9.59 Å². The van der Waals surface area contributed by atoms with E-state index in [4.69, 9.17) is 0 Å². The number of nitrogens with one attached hydrogen (secondary N) is 2. The second kappa shape index (κ2) is 7.49. The summed E-state index contributed by atoms with van der Waals surface area (Å²) in [6.45, 7) is 0. The largest absolute Gasteiger partial charge is 0.326 e. The number of para-hydroxylation sites is 1. The number of carbonyl (C=O) groups excluding carboxylic acids is 2. The standard InChI is InChI=1S/2C9H8BrNO/c10-7-2-3-8-6(5-7)1-4-9(12)11-8;10-7-3-1-2-6-4-5-8(12)11-9(6)7/h2-3,5H,1,4H2,(H,11,12);1-3H,4-5H2,(H,11,12). The van der Waals surface area contributed by atoms with Crippen LogP contribution in [0.5, 0.6) is 0 Å². The molecule has 0 radical (unpaired) electrons. The normalized spacial score (nSPS) is 15.2. The highest BCUT2D eigenvalue weighted by molar-refractivity contribution is 9.10. The molecule has 0 aliphatic carbocycles. The molecule has 0 bridgehead atoms. The first kappa shape index (κ1) is 17.2. The molecule has 0 saturated carbocycles. The molecule has 2 aliphatic rings. The third-order valence-electron chi connectivity index (χ3n) is 3.95. The van der Waals surface area contributed by atoms with Crippen LogP contribution >= 0.6 is 31.9 Å². The third kappa shape index (κ3) is 4.05. The molecule has 0 unspecified atom stereocenters. The average molecular weight is 452 g/mol. The van der Waals surface area contributed by atoms with Gasteiger partial charge in [0.2, 0.25) is 11.8 Å². The highest BCUT2D eigenvalue weighted by Crippen LogP contribution is 2.30. The Balaban J connectivity index is 0.000000141. The lowest BCUT2D eigenvalue weighted by Gasteiger charge is -2.17. The summed E-state index contributed by atoms with van der Waals surface area (Å²) in [5.41, 5.74) is 4.32.